The summed E-state index contributed by atoms with van der Waals surface area (Å²) in [5, 5.41) is 3.46. The van der Waals surface area contributed by atoms with Gasteiger partial charge in [-0.05, 0) is 72.0 Å². The molecule has 5 nitrogen and oxygen atoms in total. The van der Waals surface area contributed by atoms with E-state index in [0.717, 1.165) is 27.8 Å². The van der Waals surface area contributed by atoms with Crippen molar-refractivity contribution in [2.45, 2.75) is 25.7 Å². The molecule has 0 aromatic heterocycles. The van der Waals surface area contributed by atoms with Crippen LogP contribution in [0.15, 0.2) is 91.0 Å². The van der Waals surface area contributed by atoms with Crippen molar-refractivity contribution in [1.29, 1.82) is 0 Å². The van der Waals surface area contributed by atoms with Crippen LogP contribution in [0.2, 0.25) is 5.02 Å². The van der Waals surface area contributed by atoms with Crippen LogP contribution in [-0.2, 0) is 9.59 Å². The van der Waals surface area contributed by atoms with Crippen LogP contribution >= 0.6 is 11.6 Å². The fourth-order valence-corrected chi connectivity index (χ4v) is 7.26. The van der Waals surface area contributed by atoms with E-state index in [1.165, 1.54) is 4.90 Å². The Morgan fingerprint density at radius 2 is 1.46 bits per heavy atom. The van der Waals surface area contributed by atoms with Gasteiger partial charge in [-0.15, -0.1) is 0 Å². The lowest BCUT2D eigenvalue weighted by Crippen LogP contribution is -2.49. The van der Waals surface area contributed by atoms with E-state index >= 15 is 0 Å². The molecule has 39 heavy (non-hydrogen) atoms. The number of benzene rings is 4. The Bertz CT molecular complexity index is 1680. The molecule has 1 fully saturated rings. The molecule has 1 N–H and O–H groups in total. The molecule has 6 heteroatoms. The van der Waals surface area contributed by atoms with Crippen molar-refractivity contribution >= 4 is 40.7 Å². The highest BCUT2D eigenvalue weighted by atomic mass is 35.5. The normalized spacial score (nSPS) is 24.3. The van der Waals surface area contributed by atoms with Gasteiger partial charge in [-0.2, -0.15) is 0 Å². The Morgan fingerprint density at radius 1 is 0.846 bits per heavy atom. The topological polar surface area (TPSA) is 66.5 Å². The van der Waals surface area contributed by atoms with Crippen molar-refractivity contribution in [3.05, 3.63) is 129 Å². The highest BCUT2D eigenvalue weighted by molar-refractivity contribution is 6.32. The fourth-order valence-electron chi connectivity index (χ4n) is 7.08. The van der Waals surface area contributed by atoms with Crippen molar-refractivity contribution in [2.24, 2.45) is 11.3 Å². The van der Waals surface area contributed by atoms with E-state index in [1.807, 2.05) is 38.1 Å². The predicted molar refractivity (Wildman–Crippen MR) is 151 cm³/mol. The predicted octanol–water partition coefficient (Wildman–Crippen LogP) is 6.69. The number of carbonyl (C=O) groups excluding carboxylic acids is 3. The molecule has 0 saturated carbocycles. The first-order valence-corrected chi connectivity index (χ1v) is 13.4. The van der Waals surface area contributed by atoms with Gasteiger partial charge >= 0.3 is 0 Å². The van der Waals surface area contributed by atoms with E-state index < -0.39 is 11.3 Å². The Balaban J connectivity index is 1.29. The lowest BCUT2D eigenvalue weighted by molar-refractivity contribution is -0.128. The summed E-state index contributed by atoms with van der Waals surface area (Å²) in [6, 6.07) is 28.4. The van der Waals surface area contributed by atoms with Gasteiger partial charge in [0.05, 0.1) is 17.0 Å². The van der Waals surface area contributed by atoms with Gasteiger partial charge in [0.1, 0.15) is 0 Å². The number of rotatable bonds is 3. The van der Waals surface area contributed by atoms with Crippen molar-refractivity contribution in [2.75, 3.05) is 10.2 Å². The third kappa shape index (κ3) is 3.17. The second-order valence-electron chi connectivity index (χ2n) is 10.8. The molecule has 4 aliphatic rings. The number of carbonyl (C=O) groups is 3. The van der Waals surface area contributed by atoms with Gasteiger partial charge in [0.15, 0.2) is 0 Å². The van der Waals surface area contributed by atoms with Gasteiger partial charge in [-0.1, -0.05) is 72.3 Å². The molecule has 8 rings (SSSR count). The van der Waals surface area contributed by atoms with Crippen LogP contribution in [0.25, 0.3) is 0 Å². The molecule has 0 spiro atoms. The minimum atomic E-state index is -0.930. The molecule has 3 aliphatic carbocycles. The van der Waals surface area contributed by atoms with Crippen LogP contribution < -0.4 is 10.2 Å². The summed E-state index contributed by atoms with van der Waals surface area (Å²) >= 11 is 6.22. The fraction of sp³-hybridized carbons (Fsp3) is 0.182. The third-order valence-electron chi connectivity index (χ3n) is 8.90. The zero-order valence-electron chi connectivity index (χ0n) is 21.4. The zero-order valence-corrected chi connectivity index (χ0v) is 22.2. The lowest BCUT2D eigenvalue weighted by Gasteiger charge is -2.51. The van der Waals surface area contributed by atoms with Crippen LogP contribution in [-0.4, -0.2) is 17.7 Å². The number of nitrogens with one attached hydrogen (secondary N) is 1. The Labute approximate surface area is 231 Å². The summed E-state index contributed by atoms with van der Waals surface area (Å²) in [7, 11) is 0. The Hall–Kier alpha value is -4.22. The largest absolute Gasteiger partial charge is 0.322 e. The SMILES string of the molecule is Cc1c(Cl)cccc1NC(=O)c1cccc(N2C(=O)[C@H]3C4c5ccccc5C(c5ccccc54)[C@@]3(C)C2=O)c1. The molecule has 4 aromatic rings. The van der Waals surface area contributed by atoms with E-state index in [2.05, 4.69) is 29.6 Å². The number of imide groups is 1. The maximum Gasteiger partial charge on any atom is 0.255 e. The molecule has 4 aromatic carbocycles. The summed E-state index contributed by atoms with van der Waals surface area (Å²) in [6.45, 7) is 3.78. The number of nitrogens with zero attached hydrogens (tertiary/aromatic N) is 1. The first kappa shape index (κ1) is 23.9. The number of amides is 3. The van der Waals surface area contributed by atoms with Crippen LogP contribution in [0.3, 0.4) is 0 Å². The minimum Gasteiger partial charge on any atom is -0.322 e. The van der Waals surface area contributed by atoms with Crippen LogP contribution in [0.5, 0.6) is 0 Å². The molecule has 1 aliphatic heterocycles. The molecule has 1 saturated heterocycles. The average molecular weight is 533 g/mol. The summed E-state index contributed by atoms with van der Waals surface area (Å²) in [6.07, 6.45) is 0. The van der Waals surface area contributed by atoms with Gasteiger partial charge in [-0.3, -0.25) is 14.4 Å². The summed E-state index contributed by atoms with van der Waals surface area (Å²) in [5.74, 6) is -1.73. The van der Waals surface area contributed by atoms with Gasteiger partial charge < -0.3 is 5.32 Å². The first-order valence-electron chi connectivity index (χ1n) is 13.0. The highest BCUT2D eigenvalue weighted by Crippen LogP contribution is 2.67. The van der Waals surface area contributed by atoms with E-state index in [1.54, 1.807) is 42.5 Å². The molecule has 2 atom stereocenters. The standard InChI is InChI=1S/C33H25ClN2O3/c1-18-25(34)15-8-16-26(18)35-30(37)19-9-7-10-20(17-19)36-31(38)29-27-21-11-3-5-13-23(21)28(33(29,2)32(36)39)24-14-6-4-12-22(24)27/h3-17,27-29H,1-2H3,(H,35,37)/t27?,28?,29-,33-/m1/s1. The number of anilines is 2. The summed E-state index contributed by atoms with van der Waals surface area (Å²) in [4.78, 5) is 43.0. The van der Waals surface area contributed by atoms with Crippen LogP contribution in [0.1, 0.15) is 56.9 Å². The molecule has 0 unspecified atom stereocenters. The summed E-state index contributed by atoms with van der Waals surface area (Å²) in [5.41, 5.74) is 5.68. The lowest BCUT2D eigenvalue weighted by atomic mass is 9.48. The molecule has 0 radical (unpaired) electrons. The smallest absolute Gasteiger partial charge is 0.255 e. The molecular formula is C33H25ClN2O3. The highest BCUT2D eigenvalue weighted by Gasteiger charge is 2.68. The van der Waals surface area contributed by atoms with E-state index in [9.17, 15) is 14.4 Å². The van der Waals surface area contributed by atoms with Crippen molar-refractivity contribution < 1.29 is 14.4 Å². The maximum atomic E-state index is 14.3. The van der Waals surface area contributed by atoms with Gasteiger partial charge in [-0.25, -0.2) is 4.90 Å². The molecule has 3 amide bonds. The van der Waals surface area contributed by atoms with Gasteiger partial charge in [0.2, 0.25) is 11.8 Å². The number of hydrogen-bond acceptors (Lipinski definition) is 3. The van der Waals surface area contributed by atoms with Gasteiger partial charge in [0.25, 0.3) is 5.91 Å². The van der Waals surface area contributed by atoms with E-state index in [-0.39, 0.29) is 29.6 Å². The second-order valence-corrected chi connectivity index (χ2v) is 11.2. The van der Waals surface area contributed by atoms with Crippen LogP contribution in [0, 0.1) is 18.3 Å². The second kappa shape index (κ2) is 8.39. The average Bonchev–Trinajstić information content (AvgIpc) is 3.16. The number of halogens is 1. The Morgan fingerprint density at radius 3 is 2.13 bits per heavy atom. The summed E-state index contributed by atoms with van der Waals surface area (Å²) < 4.78 is 0. The van der Waals surface area contributed by atoms with E-state index in [4.69, 9.17) is 11.6 Å². The zero-order chi connectivity index (χ0) is 27.1. The maximum absolute atomic E-state index is 14.3. The van der Waals surface area contributed by atoms with Crippen molar-refractivity contribution in [3.63, 3.8) is 0 Å². The van der Waals surface area contributed by atoms with Crippen molar-refractivity contribution in [1.82, 2.24) is 0 Å². The van der Waals surface area contributed by atoms with Crippen LogP contribution in [0.4, 0.5) is 11.4 Å². The first-order chi connectivity index (χ1) is 18.8. The third-order valence-corrected chi connectivity index (χ3v) is 9.31. The molecular weight excluding hydrogens is 508 g/mol. The molecule has 1 heterocycles. The number of hydrogen-bond donors (Lipinski definition) is 1. The molecule has 2 bridgehead atoms. The molecule has 192 valence electrons. The van der Waals surface area contributed by atoms with E-state index in [0.29, 0.717) is 22.0 Å². The quantitative estimate of drug-likeness (QED) is 0.299. The van der Waals surface area contributed by atoms with Crippen molar-refractivity contribution in [3.8, 4) is 0 Å². The monoisotopic (exact) mass is 532 g/mol. The Kier molecular flexibility index (Phi) is 5.13. The van der Waals surface area contributed by atoms with Gasteiger partial charge in [0, 0.05) is 28.1 Å². The minimum absolute atomic E-state index is 0.203.